The highest BCUT2D eigenvalue weighted by Crippen LogP contribution is 2.68. The number of alkyl halides is 3. The summed E-state index contributed by atoms with van der Waals surface area (Å²) in [6, 6.07) is 3.85. The lowest BCUT2D eigenvalue weighted by atomic mass is 9.54. The maximum atomic E-state index is 14.3. The number of fused-ring (bicyclic) bond motifs is 5. The molecule has 0 amide bonds. The minimum absolute atomic E-state index is 0.0128. The Labute approximate surface area is 234 Å². The highest BCUT2D eigenvalue weighted by molar-refractivity contribution is 9.09. The van der Waals surface area contributed by atoms with E-state index in [-0.39, 0.29) is 40.4 Å². The SMILES string of the molecule is Cc1c([C@@H](C(Cl)Cl)[C@H](O)C2CC(C)C(=O)O2)ccc2c1C(=O)C1[C@H]2CC(Br)C23OC(COC2O)C[C@]13C. The van der Waals surface area contributed by atoms with Crippen LogP contribution in [0.1, 0.15) is 72.0 Å². The van der Waals surface area contributed by atoms with Gasteiger partial charge in [0.25, 0.3) is 0 Å². The molecule has 3 heterocycles. The maximum Gasteiger partial charge on any atom is 0.309 e. The second-order valence-corrected chi connectivity index (χ2v) is 14.0. The van der Waals surface area contributed by atoms with Crippen molar-refractivity contribution in [2.75, 3.05) is 6.61 Å². The first kappa shape index (κ1) is 26.5. The molecule has 3 aliphatic heterocycles. The quantitative estimate of drug-likeness (QED) is 0.387. The smallest absolute Gasteiger partial charge is 0.309 e. The summed E-state index contributed by atoms with van der Waals surface area (Å²) in [4.78, 5) is 25.1. The molecule has 0 radical (unpaired) electrons. The number of hydrogen-bond donors (Lipinski definition) is 2. The Hall–Kier alpha value is -0.740. The highest BCUT2D eigenvalue weighted by atomic mass is 79.9. The van der Waals surface area contributed by atoms with Crippen molar-refractivity contribution in [1.29, 1.82) is 0 Å². The molecular weight excluding hydrogens is 587 g/mol. The van der Waals surface area contributed by atoms with Gasteiger partial charge in [-0.25, -0.2) is 0 Å². The lowest BCUT2D eigenvalue weighted by molar-refractivity contribution is -0.303. The minimum Gasteiger partial charge on any atom is -0.459 e. The van der Waals surface area contributed by atoms with Gasteiger partial charge in [-0.1, -0.05) is 41.9 Å². The Kier molecular flexibility index (Phi) is 6.36. The van der Waals surface area contributed by atoms with Crippen LogP contribution in [0.15, 0.2) is 12.1 Å². The average Bonchev–Trinajstić information content (AvgIpc) is 3.41. The molecule has 7 nitrogen and oxygen atoms in total. The first-order valence-electron chi connectivity index (χ1n) is 12.9. The normalized spacial score (nSPS) is 43.9. The summed E-state index contributed by atoms with van der Waals surface area (Å²) in [5.74, 6) is -1.83. The Morgan fingerprint density at radius 3 is 2.59 bits per heavy atom. The molecule has 2 bridgehead atoms. The summed E-state index contributed by atoms with van der Waals surface area (Å²) in [6.45, 7) is 5.98. The van der Waals surface area contributed by atoms with E-state index in [9.17, 15) is 19.8 Å². The standard InChI is InChI=1S/C27H31BrCl2O7/c1-10-6-16(36-24(10)33)21(31)19(23(29)30)13-4-5-14-15-7-17(28)27-25(34)35-9-12(37-27)8-26(27,3)20(15)22(32)18(14)11(13)2/h4-5,10,12,15-17,19-21,23,25,31,34H,6-9H2,1-3H3/t10?,12?,15-,16?,17?,19+,20?,21+,25?,26+,27?/m0/s1. The van der Waals surface area contributed by atoms with Crippen LogP contribution in [-0.4, -0.2) is 68.4 Å². The number of cyclic esters (lactones) is 1. The van der Waals surface area contributed by atoms with E-state index in [2.05, 4.69) is 15.9 Å². The lowest BCUT2D eigenvalue weighted by Gasteiger charge is -2.55. The Balaban J connectivity index is 1.41. The summed E-state index contributed by atoms with van der Waals surface area (Å²) in [5.41, 5.74) is 1.34. The number of halogens is 3. The topological polar surface area (TPSA) is 102 Å². The van der Waals surface area contributed by atoms with Gasteiger partial charge in [-0.3, -0.25) is 9.59 Å². The molecule has 0 aromatic heterocycles. The fraction of sp³-hybridized carbons (Fsp3) is 0.704. The number of aliphatic hydroxyl groups is 2. The van der Waals surface area contributed by atoms with Crippen LogP contribution < -0.4 is 0 Å². The summed E-state index contributed by atoms with van der Waals surface area (Å²) in [6.07, 6.45) is -1.53. The molecule has 3 saturated heterocycles. The van der Waals surface area contributed by atoms with E-state index in [1.54, 1.807) is 6.92 Å². The van der Waals surface area contributed by atoms with Crippen LogP contribution >= 0.6 is 39.1 Å². The molecule has 5 aliphatic rings. The van der Waals surface area contributed by atoms with Gasteiger partial charge < -0.3 is 24.4 Å². The third kappa shape index (κ3) is 3.45. The minimum atomic E-state index is -1.13. The second-order valence-electron chi connectivity index (χ2n) is 11.7. The predicted molar refractivity (Wildman–Crippen MR) is 139 cm³/mol. The van der Waals surface area contributed by atoms with Gasteiger partial charge in [0.15, 0.2) is 12.1 Å². The molecule has 202 valence electrons. The van der Waals surface area contributed by atoms with Crippen LogP contribution in [0.4, 0.5) is 0 Å². The van der Waals surface area contributed by atoms with Crippen LogP contribution in [0, 0.1) is 24.2 Å². The number of esters is 1. The molecule has 10 heteroatoms. The fourth-order valence-electron chi connectivity index (χ4n) is 8.12. The van der Waals surface area contributed by atoms with Crippen molar-refractivity contribution in [3.05, 3.63) is 34.4 Å². The van der Waals surface area contributed by atoms with Crippen molar-refractivity contribution in [2.45, 2.75) is 91.7 Å². The monoisotopic (exact) mass is 616 g/mol. The van der Waals surface area contributed by atoms with Gasteiger partial charge in [0.05, 0.1) is 18.6 Å². The largest absolute Gasteiger partial charge is 0.459 e. The zero-order chi connectivity index (χ0) is 26.6. The molecule has 7 unspecified atom stereocenters. The van der Waals surface area contributed by atoms with Crippen LogP contribution in [0.25, 0.3) is 0 Å². The van der Waals surface area contributed by atoms with E-state index >= 15 is 0 Å². The number of benzene rings is 1. The van der Waals surface area contributed by atoms with E-state index in [0.29, 0.717) is 37.0 Å². The zero-order valence-corrected chi connectivity index (χ0v) is 23.9. The number of hydrogen-bond acceptors (Lipinski definition) is 7. The molecule has 2 aliphatic carbocycles. The molecule has 2 N–H and O–H groups in total. The van der Waals surface area contributed by atoms with Crippen molar-refractivity contribution < 1.29 is 34.0 Å². The van der Waals surface area contributed by atoms with Crippen molar-refractivity contribution >= 4 is 50.9 Å². The van der Waals surface area contributed by atoms with Gasteiger partial charge >= 0.3 is 5.97 Å². The molecule has 1 aromatic carbocycles. The number of rotatable bonds is 4. The van der Waals surface area contributed by atoms with Crippen molar-refractivity contribution in [1.82, 2.24) is 0 Å². The van der Waals surface area contributed by atoms with Gasteiger partial charge in [0.2, 0.25) is 0 Å². The Morgan fingerprint density at radius 1 is 1.22 bits per heavy atom. The van der Waals surface area contributed by atoms with Gasteiger partial charge in [0, 0.05) is 27.6 Å². The third-order valence-electron chi connectivity index (χ3n) is 9.83. The Bertz CT molecular complexity index is 1160. The molecule has 37 heavy (non-hydrogen) atoms. The number of carbonyl (C=O) groups is 2. The summed E-state index contributed by atoms with van der Waals surface area (Å²) in [5, 5.41) is 22.2. The molecule has 1 aromatic rings. The second kappa shape index (κ2) is 8.88. The first-order chi connectivity index (χ1) is 17.4. The fourth-order valence-corrected chi connectivity index (χ4v) is 9.95. The molecule has 4 fully saturated rings. The van der Waals surface area contributed by atoms with E-state index in [0.717, 1.165) is 11.1 Å². The zero-order valence-electron chi connectivity index (χ0n) is 20.8. The van der Waals surface area contributed by atoms with Crippen LogP contribution in [-0.2, 0) is 19.0 Å². The molecule has 1 saturated carbocycles. The molecule has 6 rings (SSSR count). The van der Waals surface area contributed by atoms with E-state index in [1.807, 2.05) is 26.0 Å². The van der Waals surface area contributed by atoms with Crippen LogP contribution in [0.5, 0.6) is 0 Å². The first-order valence-corrected chi connectivity index (χ1v) is 14.7. The number of aliphatic hydroxyl groups excluding tert-OH is 2. The Morgan fingerprint density at radius 2 is 1.95 bits per heavy atom. The molecule has 11 atom stereocenters. The van der Waals surface area contributed by atoms with Crippen molar-refractivity contribution in [2.24, 2.45) is 17.3 Å². The van der Waals surface area contributed by atoms with E-state index in [1.165, 1.54) is 0 Å². The van der Waals surface area contributed by atoms with E-state index < -0.39 is 40.3 Å². The average molecular weight is 618 g/mol. The van der Waals surface area contributed by atoms with Crippen LogP contribution in [0.3, 0.4) is 0 Å². The third-order valence-corrected chi connectivity index (χ3v) is 11.4. The van der Waals surface area contributed by atoms with Gasteiger partial charge in [0.1, 0.15) is 22.6 Å². The number of carbonyl (C=O) groups excluding carboxylic acids is 2. The summed E-state index contributed by atoms with van der Waals surface area (Å²) in [7, 11) is 0. The van der Waals surface area contributed by atoms with Crippen molar-refractivity contribution in [3.63, 3.8) is 0 Å². The maximum absolute atomic E-state index is 14.3. The number of ether oxygens (including phenoxy) is 3. The van der Waals surface area contributed by atoms with Crippen LogP contribution in [0.2, 0.25) is 0 Å². The molecule has 1 spiro atoms. The summed E-state index contributed by atoms with van der Waals surface area (Å²) < 4.78 is 17.5. The molecular formula is C27H31BrCl2O7. The van der Waals surface area contributed by atoms with Gasteiger partial charge in [-0.15, -0.1) is 23.2 Å². The van der Waals surface area contributed by atoms with E-state index in [4.69, 9.17) is 37.4 Å². The van der Waals surface area contributed by atoms with Gasteiger partial charge in [-0.05, 0) is 48.8 Å². The highest BCUT2D eigenvalue weighted by Gasteiger charge is 2.74. The summed E-state index contributed by atoms with van der Waals surface area (Å²) >= 11 is 16.6. The van der Waals surface area contributed by atoms with Crippen molar-refractivity contribution in [3.8, 4) is 0 Å². The number of Topliss-reactive ketones (excluding diaryl/α,β-unsaturated/α-hetero) is 1. The predicted octanol–water partition coefficient (Wildman–Crippen LogP) is 4.14. The lowest BCUT2D eigenvalue weighted by Crippen LogP contribution is -2.66. The number of ketones is 1. The van der Waals surface area contributed by atoms with Gasteiger partial charge in [-0.2, -0.15) is 0 Å².